The molecule has 23 nitrogen and oxygen atoms in total. The van der Waals surface area contributed by atoms with Gasteiger partial charge in [0, 0.05) is 87.4 Å². The van der Waals surface area contributed by atoms with Crippen molar-refractivity contribution in [3.05, 3.63) is 83.0 Å². The van der Waals surface area contributed by atoms with Crippen LogP contribution >= 0.6 is 0 Å². The number of imidazole rings is 1. The first kappa shape index (κ1) is 49.6. The molecule has 70 heavy (non-hydrogen) atoms. The third-order valence-corrected chi connectivity index (χ3v) is 11.0. The standard InChI is InChI=1S/C47H55N13O10/c1-6-59-34(20-27(3)55-59)43-51-26-32-31-22-29(41(48)63)24-36(68-17-10-16-67-5)39(31)57(44(32)53-43)14-8-9-15-58-40-33(52-46(58)54-45(65)35-21-28(4)56-60(35)7-2)23-30(42(49)64)25-37(40)69-18-11-19-70-47(66)50-13-12-38(61)62/h8-9,20-26H,6-7,10-19H2,1-5H3,(H2,48,63)(H2,49,64)(H,50,66)(H,61,62)(H,52,54,65). The van der Waals surface area contributed by atoms with Gasteiger partial charge in [0.05, 0.1) is 48.7 Å². The maximum Gasteiger partial charge on any atom is 0.407 e. The minimum Gasteiger partial charge on any atom is -0.491 e. The fourth-order valence-electron chi connectivity index (χ4n) is 7.85. The van der Waals surface area contributed by atoms with E-state index in [9.17, 15) is 24.0 Å². The number of primary amides is 2. The molecule has 0 aliphatic rings. The second-order valence-corrected chi connectivity index (χ2v) is 16.0. The Labute approximate surface area is 400 Å². The quantitative estimate of drug-likeness (QED) is 0.0404. The van der Waals surface area contributed by atoms with E-state index in [4.69, 9.17) is 50.5 Å². The van der Waals surface area contributed by atoms with E-state index in [0.29, 0.717) is 76.5 Å². The monoisotopic (exact) mass is 961 g/mol. The minimum absolute atomic E-state index is 0.0149. The molecule has 4 amide bonds. The average molecular weight is 962 g/mol. The van der Waals surface area contributed by atoms with Crippen LogP contribution in [0.4, 0.5) is 10.7 Å². The number of aromatic nitrogens is 9. The number of ether oxygens (including phenoxy) is 4. The molecule has 0 fully saturated rings. The first-order chi connectivity index (χ1) is 33.7. The van der Waals surface area contributed by atoms with Gasteiger partial charge < -0.3 is 50.0 Å². The molecule has 7 rings (SSSR count). The van der Waals surface area contributed by atoms with E-state index in [1.54, 1.807) is 47.7 Å². The Morgan fingerprint density at radius 1 is 0.757 bits per heavy atom. The molecule has 7 N–H and O–H groups in total. The summed E-state index contributed by atoms with van der Waals surface area (Å²) in [6.45, 7) is 9.50. The van der Waals surface area contributed by atoms with Crippen molar-refractivity contribution in [2.24, 2.45) is 11.5 Å². The number of carbonyl (C=O) groups excluding carboxylic acids is 4. The van der Waals surface area contributed by atoms with E-state index in [0.717, 1.165) is 11.4 Å². The van der Waals surface area contributed by atoms with Crippen molar-refractivity contribution in [2.45, 2.75) is 73.1 Å². The number of benzene rings is 2. The molecule has 0 radical (unpaired) electrons. The number of aryl methyl sites for hydroxylation is 4. The molecule has 0 unspecified atom stereocenters. The molecular formula is C47H55N13O10. The molecule has 5 heterocycles. The van der Waals surface area contributed by atoms with Gasteiger partial charge in [-0.3, -0.25) is 33.9 Å². The summed E-state index contributed by atoms with van der Waals surface area (Å²) in [5.74, 6) is -1.73. The molecule has 0 saturated carbocycles. The second-order valence-electron chi connectivity index (χ2n) is 16.0. The van der Waals surface area contributed by atoms with Gasteiger partial charge >= 0.3 is 12.1 Å². The highest BCUT2D eigenvalue weighted by Gasteiger charge is 2.24. The summed E-state index contributed by atoms with van der Waals surface area (Å²) in [4.78, 5) is 76.7. The van der Waals surface area contributed by atoms with E-state index < -0.39 is 29.8 Å². The summed E-state index contributed by atoms with van der Waals surface area (Å²) in [5.41, 5.74) is 16.3. The first-order valence-corrected chi connectivity index (χ1v) is 22.6. The third kappa shape index (κ3) is 11.2. The van der Waals surface area contributed by atoms with Gasteiger partial charge in [0.15, 0.2) is 5.82 Å². The molecule has 0 atom stereocenters. The lowest BCUT2D eigenvalue weighted by molar-refractivity contribution is -0.136. The van der Waals surface area contributed by atoms with Crippen LogP contribution in [-0.4, -0.2) is 119 Å². The van der Waals surface area contributed by atoms with Crippen LogP contribution in [0.1, 0.15) is 75.7 Å². The summed E-state index contributed by atoms with van der Waals surface area (Å²) in [6.07, 6.45) is 5.24. The molecule has 7 aromatic rings. The molecule has 0 aliphatic carbocycles. The normalized spacial score (nSPS) is 11.5. The van der Waals surface area contributed by atoms with Crippen LogP contribution in [-0.2, 0) is 40.4 Å². The molecule has 0 saturated heterocycles. The molecule has 23 heteroatoms. The predicted molar refractivity (Wildman–Crippen MR) is 257 cm³/mol. The van der Waals surface area contributed by atoms with Crippen LogP contribution in [0, 0.1) is 13.8 Å². The Morgan fingerprint density at radius 3 is 2.07 bits per heavy atom. The second kappa shape index (κ2) is 22.2. The third-order valence-electron chi connectivity index (χ3n) is 11.0. The lowest BCUT2D eigenvalue weighted by Crippen LogP contribution is -2.27. The van der Waals surface area contributed by atoms with E-state index in [2.05, 4.69) is 20.8 Å². The Hall–Kier alpha value is -8.34. The van der Waals surface area contributed by atoms with Gasteiger partial charge in [-0.1, -0.05) is 12.2 Å². The molecule has 0 aliphatic heterocycles. The number of alkyl carbamates (subject to hydrolysis) is 1. The molecule has 0 bridgehead atoms. The summed E-state index contributed by atoms with van der Waals surface area (Å²) in [7, 11) is 1.61. The van der Waals surface area contributed by atoms with Crippen LogP contribution < -0.4 is 31.6 Å². The van der Waals surface area contributed by atoms with Crippen molar-refractivity contribution in [1.82, 2.24) is 49.0 Å². The van der Waals surface area contributed by atoms with E-state index in [1.807, 2.05) is 48.2 Å². The van der Waals surface area contributed by atoms with Crippen LogP contribution in [0.5, 0.6) is 11.5 Å². The number of rotatable bonds is 24. The summed E-state index contributed by atoms with van der Waals surface area (Å²) in [5, 5.41) is 24.5. The molecule has 5 aromatic heterocycles. The number of carboxylic acid groups (broad SMARTS) is 1. The van der Waals surface area contributed by atoms with E-state index >= 15 is 0 Å². The smallest absolute Gasteiger partial charge is 0.407 e. The maximum atomic E-state index is 13.9. The number of allylic oxidation sites excluding steroid dienone is 2. The zero-order chi connectivity index (χ0) is 50.1. The van der Waals surface area contributed by atoms with Crippen molar-refractivity contribution in [3.63, 3.8) is 0 Å². The number of carboxylic acids is 1. The van der Waals surface area contributed by atoms with Crippen molar-refractivity contribution < 1.29 is 48.0 Å². The van der Waals surface area contributed by atoms with Crippen molar-refractivity contribution >= 4 is 68.7 Å². The summed E-state index contributed by atoms with van der Waals surface area (Å²) >= 11 is 0. The predicted octanol–water partition coefficient (Wildman–Crippen LogP) is 4.74. The van der Waals surface area contributed by atoms with Gasteiger partial charge in [0.25, 0.3) is 5.91 Å². The highest BCUT2D eigenvalue weighted by atomic mass is 16.5. The van der Waals surface area contributed by atoms with Crippen molar-refractivity contribution in [2.75, 3.05) is 45.4 Å². The molecule has 0 spiro atoms. The number of amides is 4. The van der Waals surface area contributed by atoms with Crippen molar-refractivity contribution in [3.8, 4) is 23.0 Å². The molecular weight excluding hydrogens is 907 g/mol. The van der Waals surface area contributed by atoms with Crippen LogP contribution in [0.15, 0.2) is 54.7 Å². The SMILES string of the molecule is CCn1nc(C)cc1C(=O)Nc1nc2cc(C(N)=O)cc(OCCCOC(=O)NCCC(=O)O)c2n1CC=CCn1c2nc(-c3cc(C)nn3CC)ncc2c2cc(C(N)=O)cc(OCCCOC)c21. The molecule has 2 aromatic carbocycles. The van der Waals surface area contributed by atoms with Gasteiger partial charge in [-0.25, -0.2) is 19.7 Å². The number of hydrogen-bond donors (Lipinski definition) is 5. The number of nitrogens with one attached hydrogen (secondary N) is 2. The van der Waals surface area contributed by atoms with Crippen LogP contribution in [0.2, 0.25) is 0 Å². The number of methoxy groups -OCH3 is 1. The Balaban J connectivity index is 1.28. The maximum absolute atomic E-state index is 13.9. The van der Waals surface area contributed by atoms with Crippen LogP contribution in [0.3, 0.4) is 0 Å². The number of carbonyl (C=O) groups is 5. The fraction of sp³-hybridized carbons (Fsp3) is 0.362. The zero-order valence-electron chi connectivity index (χ0n) is 39.5. The van der Waals surface area contributed by atoms with E-state index in [-0.39, 0.29) is 80.6 Å². The van der Waals surface area contributed by atoms with Gasteiger partial charge in [0.1, 0.15) is 34.1 Å². The number of anilines is 1. The van der Waals surface area contributed by atoms with Gasteiger partial charge in [-0.15, -0.1) is 0 Å². The minimum atomic E-state index is -1.06. The van der Waals surface area contributed by atoms with Gasteiger partial charge in [-0.2, -0.15) is 10.2 Å². The summed E-state index contributed by atoms with van der Waals surface area (Å²) < 4.78 is 30.0. The highest BCUT2D eigenvalue weighted by molar-refractivity contribution is 6.12. The van der Waals surface area contributed by atoms with Gasteiger partial charge in [-0.05, 0) is 64.1 Å². The first-order valence-electron chi connectivity index (χ1n) is 22.6. The Morgan fingerprint density at radius 2 is 1.40 bits per heavy atom. The largest absolute Gasteiger partial charge is 0.491 e. The average Bonchev–Trinajstić information content (AvgIpc) is 4.09. The Kier molecular flexibility index (Phi) is 15.7. The lowest BCUT2D eigenvalue weighted by Gasteiger charge is -2.13. The number of nitrogens with zero attached hydrogens (tertiary/aromatic N) is 9. The number of aliphatic carboxylic acids is 1. The van der Waals surface area contributed by atoms with Crippen LogP contribution in [0.25, 0.3) is 44.5 Å². The fourth-order valence-corrected chi connectivity index (χ4v) is 7.85. The van der Waals surface area contributed by atoms with E-state index in [1.165, 1.54) is 12.1 Å². The number of hydrogen-bond acceptors (Lipinski definition) is 14. The number of nitrogens with two attached hydrogens (primary N) is 2. The molecule has 368 valence electrons. The lowest BCUT2D eigenvalue weighted by atomic mass is 10.1. The van der Waals surface area contributed by atoms with Gasteiger partial charge in [0.2, 0.25) is 17.8 Å². The Bertz CT molecular complexity index is 3130. The topological polar surface area (TPSA) is 303 Å². The summed E-state index contributed by atoms with van der Waals surface area (Å²) in [6, 6.07) is 9.88. The number of fused-ring (bicyclic) bond motifs is 4. The zero-order valence-corrected chi connectivity index (χ0v) is 39.5. The highest BCUT2D eigenvalue weighted by Crippen LogP contribution is 2.37. The van der Waals surface area contributed by atoms with Crippen molar-refractivity contribution in [1.29, 1.82) is 0 Å².